The summed E-state index contributed by atoms with van der Waals surface area (Å²) in [6.45, 7) is 1.59. The third kappa shape index (κ3) is 4.79. The molecule has 2 rings (SSSR count). The molecule has 0 aliphatic carbocycles. The lowest BCUT2D eigenvalue weighted by Gasteiger charge is -2.14. The first kappa shape index (κ1) is 17.0. The number of para-hydroxylation sites is 2. The van der Waals surface area contributed by atoms with Gasteiger partial charge in [-0.2, -0.15) is 0 Å². The van der Waals surface area contributed by atoms with Crippen molar-refractivity contribution < 1.29 is 18.9 Å². The van der Waals surface area contributed by atoms with Crippen LogP contribution in [-0.2, 0) is 6.54 Å². The molecule has 0 spiro atoms. The van der Waals surface area contributed by atoms with Crippen LogP contribution in [0.1, 0.15) is 5.56 Å². The van der Waals surface area contributed by atoms with E-state index in [9.17, 15) is 0 Å². The number of rotatable bonds is 9. The zero-order valence-corrected chi connectivity index (χ0v) is 13.8. The molecule has 2 aromatic rings. The second kappa shape index (κ2) is 8.90. The largest absolute Gasteiger partial charge is 0.497 e. The molecule has 124 valence electrons. The topological polar surface area (TPSA) is 49.0 Å². The summed E-state index contributed by atoms with van der Waals surface area (Å²) in [6, 6.07) is 13.3. The quantitative estimate of drug-likeness (QED) is 0.721. The second-order valence-corrected chi connectivity index (χ2v) is 4.85. The fourth-order valence-electron chi connectivity index (χ4n) is 2.17. The molecule has 0 amide bonds. The Morgan fingerprint density at radius 3 is 2.17 bits per heavy atom. The molecule has 0 bridgehead atoms. The maximum absolute atomic E-state index is 5.84. The van der Waals surface area contributed by atoms with Crippen molar-refractivity contribution in [1.82, 2.24) is 5.32 Å². The standard InChI is InChI=1S/C18H23NO4/c1-19-13-14-8-9-15(20-2)12-18(14)23-11-10-22-17-7-5-4-6-16(17)21-3/h4-9,12,19H,10-11,13H2,1-3H3. The molecule has 0 aromatic heterocycles. The Labute approximate surface area is 137 Å². The molecule has 0 saturated heterocycles. The van der Waals surface area contributed by atoms with Gasteiger partial charge in [0.05, 0.1) is 14.2 Å². The van der Waals surface area contributed by atoms with Gasteiger partial charge in [0, 0.05) is 18.2 Å². The molecule has 23 heavy (non-hydrogen) atoms. The summed E-state index contributed by atoms with van der Waals surface area (Å²) in [5, 5.41) is 3.12. The molecule has 0 unspecified atom stereocenters. The molecule has 0 aliphatic heterocycles. The van der Waals surface area contributed by atoms with Gasteiger partial charge in [0.15, 0.2) is 11.5 Å². The fraction of sp³-hybridized carbons (Fsp3) is 0.333. The van der Waals surface area contributed by atoms with Crippen LogP contribution in [0.25, 0.3) is 0 Å². The van der Waals surface area contributed by atoms with E-state index in [1.54, 1.807) is 14.2 Å². The van der Waals surface area contributed by atoms with Crippen molar-refractivity contribution in [2.24, 2.45) is 0 Å². The van der Waals surface area contributed by atoms with Crippen LogP contribution in [0.15, 0.2) is 42.5 Å². The molecule has 0 fully saturated rings. The third-order valence-electron chi connectivity index (χ3n) is 3.31. The van der Waals surface area contributed by atoms with Crippen LogP contribution >= 0.6 is 0 Å². The van der Waals surface area contributed by atoms with Crippen LogP contribution in [0, 0.1) is 0 Å². The minimum Gasteiger partial charge on any atom is -0.497 e. The lowest BCUT2D eigenvalue weighted by Crippen LogP contribution is -2.12. The summed E-state index contributed by atoms with van der Waals surface area (Å²) < 4.78 is 22.0. The van der Waals surface area contributed by atoms with E-state index >= 15 is 0 Å². The highest BCUT2D eigenvalue weighted by molar-refractivity contribution is 5.41. The Bertz CT molecular complexity index is 616. The lowest BCUT2D eigenvalue weighted by atomic mass is 10.2. The third-order valence-corrected chi connectivity index (χ3v) is 3.31. The first-order chi connectivity index (χ1) is 11.3. The summed E-state index contributed by atoms with van der Waals surface area (Å²) in [5.74, 6) is 2.98. The van der Waals surface area contributed by atoms with Crippen molar-refractivity contribution in [3.8, 4) is 23.0 Å². The van der Waals surface area contributed by atoms with E-state index in [0.29, 0.717) is 24.7 Å². The summed E-state index contributed by atoms with van der Waals surface area (Å²) in [5.41, 5.74) is 1.07. The van der Waals surface area contributed by atoms with E-state index in [2.05, 4.69) is 5.32 Å². The lowest BCUT2D eigenvalue weighted by molar-refractivity contribution is 0.209. The predicted molar refractivity (Wildman–Crippen MR) is 89.7 cm³/mol. The molecule has 2 aromatic carbocycles. The number of hydrogen-bond acceptors (Lipinski definition) is 5. The van der Waals surface area contributed by atoms with Crippen molar-refractivity contribution in [2.45, 2.75) is 6.54 Å². The molecule has 0 saturated carbocycles. The Hall–Kier alpha value is -2.40. The van der Waals surface area contributed by atoms with Crippen molar-refractivity contribution in [1.29, 1.82) is 0 Å². The number of methoxy groups -OCH3 is 2. The number of benzene rings is 2. The summed E-state index contributed by atoms with van der Waals surface area (Å²) in [6.07, 6.45) is 0. The van der Waals surface area contributed by atoms with Gasteiger partial charge in [-0.15, -0.1) is 0 Å². The molecule has 0 aliphatic rings. The first-order valence-corrected chi connectivity index (χ1v) is 7.48. The van der Waals surface area contributed by atoms with Gasteiger partial charge in [0.1, 0.15) is 24.7 Å². The average Bonchev–Trinajstić information content (AvgIpc) is 2.60. The van der Waals surface area contributed by atoms with Gasteiger partial charge in [-0.1, -0.05) is 18.2 Å². The SMILES string of the molecule is CNCc1ccc(OC)cc1OCCOc1ccccc1OC. The van der Waals surface area contributed by atoms with Gasteiger partial charge in [0.2, 0.25) is 0 Å². The van der Waals surface area contributed by atoms with Crippen LogP contribution in [0.2, 0.25) is 0 Å². The number of ether oxygens (including phenoxy) is 4. The Balaban J connectivity index is 1.92. The Kier molecular flexibility index (Phi) is 6.56. The van der Waals surface area contributed by atoms with E-state index in [1.165, 1.54) is 0 Å². The van der Waals surface area contributed by atoms with Crippen LogP contribution in [0.3, 0.4) is 0 Å². The van der Waals surface area contributed by atoms with Gasteiger partial charge in [-0.3, -0.25) is 0 Å². The maximum atomic E-state index is 5.84. The van der Waals surface area contributed by atoms with E-state index in [4.69, 9.17) is 18.9 Å². The zero-order chi connectivity index (χ0) is 16.5. The predicted octanol–water partition coefficient (Wildman–Crippen LogP) is 2.88. The van der Waals surface area contributed by atoms with Gasteiger partial charge in [-0.25, -0.2) is 0 Å². The van der Waals surface area contributed by atoms with E-state index in [1.807, 2.05) is 49.5 Å². The first-order valence-electron chi connectivity index (χ1n) is 7.48. The summed E-state index contributed by atoms with van der Waals surface area (Å²) in [4.78, 5) is 0. The number of hydrogen-bond donors (Lipinski definition) is 1. The van der Waals surface area contributed by atoms with Gasteiger partial charge < -0.3 is 24.3 Å². The molecule has 5 nitrogen and oxygen atoms in total. The summed E-state index contributed by atoms with van der Waals surface area (Å²) >= 11 is 0. The van der Waals surface area contributed by atoms with E-state index < -0.39 is 0 Å². The van der Waals surface area contributed by atoms with Crippen molar-refractivity contribution in [3.63, 3.8) is 0 Å². The van der Waals surface area contributed by atoms with Crippen molar-refractivity contribution in [3.05, 3.63) is 48.0 Å². The van der Waals surface area contributed by atoms with Crippen molar-refractivity contribution in [2.75, 3.05) is 34.5 Å². The minimum absolute atomic E-state index is 0.427. The molecule has 1 N–H and O–H groups in total. The highest BCUT2D eigenvalue weighted by Crippen LogP contribution is 2.27. The Morgan fingerprint density at radius 2 is 1.52 bits per heavy atom. The molecule has 0 atom stereocenters. The molecular formula is C18H23NO4. The molecular weight excluding hydrogens is 294 g/mol. The smallest absolute Gasteiger partial charge is 0.161 e. The molecule has 0 heterocycles. The zero-order valence-electron chi connectivity index (χ0n) is 13.8. The number of nitrogens with one attached hydrogen (secondary N) is 1. The van der Waals surface area contributed by atoms with Crippen LogP contribution in [0.4, 0.5) is 0 Å². The highest BCUT2D eigenvalue weighted by atomic mass is 16.5. The second-order valence-electron chi connectivity index (χ2n) is 4.85. The van der Waals surface area contributed by atoms with Crippen LogP contribution < -0.4 is 24.3 Å². The maximum Gasteiger partial charge on any atom is 0.161 e. The Morgan fingerprint density at radius 1 is 0.826 bits per heavy atom. The molecule has 0 radical (unpaired) electrons. The summed E-state index contributed by atoms with van der Waals surface area (Å²) in [7, 11) is 5.17. The highest BCUT2D eigenvalue weighted by Gasteiger charge is 2.06. The molecule has 5 heteroatoms. The van der Waals surface area contributed by atoms with Gasteiger partial charge in [-0.05, 0) is 25.2 Å². The fourth-order valence-corrected chi connectivity index (χ4v) is 2.17. The van der Waals surface area contributed by atoms with Crippen molar-refractivity contribution >= 4 is 0 Å². The van der Waals surface area contributed by atoms with Crippen LogP contribution in [0.5, 0.6) is 23.0 Å². The minimum atomic E-state index is 0.427. The van der Waals surface area contributed by atoms with E-state index in [-0.39, 0.29) is 0 Å². The van der Waals surface area contributed by atoms with Gasteiger partial charge in [0.25, 0.3) is 0 Å². The normalized spacial score (nSPS) is 10.2. The monoisotopic (exact) mass is 317 g/mol. The van der Waals surface area contributed by atoms with Crippen LogP contribution in [-0.4, -0.2) is 34.5 Å². The average molecular weight is 317 g/mol. The van der Waals surface area contributed by atoms with Gasteiger partial charge >= 0.3 is 0 Å². The van der Waals surface area contributed by atoms with E-state index in [0.717, 1.165) is 23.6 Å².